The number of carbonyl (C=O) groups is 1. The van der Waals surface area contributed by atoms with Crippen LogP contribution >= 0.6 is 0 Å². The van der Waals surface area contributed by atoms with Gasteiger partial charge in [0.25, 0.3) is 0 Å². The monoisotopic (exact) mass is 360 g/mol. The number of rotatable bonds is 4. The van der Waals surface area contributed by atoms with Crippen molar-refractivity contribution in [3.05, 3.63) is 45.2 Å². The lowest BCUT2D eigenvalue weighted by molar-refractivity contribution is 0.0342. The summed E-state index contributed by atoms with van der Waals surface area (Å²) < 4.78 is 10.3. The smallest absolute Gasteiger partial charge is 0.343 e. The maximum absolute atomic E-state index is 12.7. The van der Waals surface area contributed by atoms with Crippen LogP contribution in [0, 0.1) is 6.92 Å². The highest BCUT2D eigenvalue weighted by Crippen LogP contribution is 2.18. The number of hydrogen-bond acceptors (Lipinski definition) is 5. The molecule has 0 spiro atoms. The van der Waals surface area contributed by atoms with E-state index in [1.807, 2.05) is 26.8 Å². The molecule has 1 aliphatic heterocycles. The van der Waals surface area contributed by atoms with E-state index in [1.165, 1.54) is 6.20 Å². The SMILES string of the molecule is CC.CCOC(=O)c1c[nH]c2c(C)cc(CN3CCOCC3)cc2c1=O. The van der Waals surface area contributed by atoms with Crippen LogP contribution in [0.2, 0.25) is 0 Å². The van der Waals surface area contributed by atoms with Gasteiger partial charge < -0.3 is 14.5 Å². The zero-order valence-corrected chi connectivity index (χ0v) is 16.1. The number of nitrogens with one attached hydrogen (secondary N) is 1. The van der Waals surface area contributed by atoms with Gasteiger partial charge in [-0.1, -0.05) is 19.9 Å². The summed E-state index contributed by atoms with van der Waals surface area (Å²) in [4.78, 5) is 30.0. The van der Waals surface area contributed by atoms with Crippen molar-refractivity contribution in [1.82, 2.24) is 9.88 Å². The van der Waals surface area contributed by atoms with E-state index in [0.29, 0.717) is 5.39 Å². The normalized spacial score (nSPS) is 14.6. The van der Waals surface area contributed by atoms with E-state index in [9.17, 15) is 9.59 Å². The van der Waals surface area contributed by atoms with Gasteiger partial charge in [0.2, 0.25) is 5.43 Å². The van der Waals surface area contributed by atoms with Crippen molar-refractivity contribution in [3.63, 3.8) is 0 Å². The number of esters is 1. The number of aromatic amines is 1. The lowest BCUT2D eigenvalue weighted by atomic mass is 10.0. The number of carbonyl (C=O) groups excluding carboxylic acids is 1. The number of aromatic nitrogens is 1. The molecule has 6 nitrogen and oxygen atoms in total. The molecule has 0 bridgehead atoms. The Morgan fingerprint density at radius 3 is 2.62 bits per heavy atom. The van der Waals surface area contributed by atoms with E-state index in [1.54, 1.807) is 6.92 Å². The van der Waals surface area contributed by atoms with Gasteiger partial charge in [0.15, 0.2) is 0 Å². The summed E-state index contributed by atoms with van der Waals surface area (Å²) in [6.45, 7) is 11.9. The van der Waals surface area contributed by atoms with E-state index >= 15 is 0 Å². The molecule has 1 aromatic heterocycles. The summed E-state index contributed by atoms with van der Waals surface area (Å²) in [5.74, 6) is -0.586. The van der Waals surface area contributed by atoms with Crippen LogP contribution in [0.1, 0.15) is 42.3 Å². The predicted octanol–water partition coefficient (Wildman–Crippen LogP) is 2.87. The van der Waals surface area contributed by atoms with E-state index < -0.39 is 5.97 Å². The van der Waals surface area contributed by atoms with Crippen LogP contribution in [0.15, 0.2) is 23.1 Å². The Balaban J connectivity index is 0.00000117. The Morgan fingerprint density at radius 2 is 1.96 bits per heavy atom. The summed E-state index contributed by atoms with van der Waals surface area (Å²) >= 11 is 0. The molecule has 142 valence electrons. The first kappa shape index (κ1) is 20.1. The summed E-state index contributed by atoms with van der Waals surface area (Å²) in [6.07, 6.45) is 1.44. The van der Waals surface area contributed by atoms with E-state index in [0.717, 1.165) is 49.5 Å². The molecule has 26 heavy (non-hydrogen) atoms. The number of H-pyrrole nitrogens is 1. The van der Waals surface area contributed by atoms with Gasteiger partial charge in [-0.2, -0.15) is 0 Å². The standard InChI is InChI=1S/C18H22N2O4.C2H6/c1-3-24-18(22)15-10-19-16-12(2)8-13(9-14(16)17(15)21)11-20-4-6-23-7-5-20;1-2/h8-10H,3-7,11H2,1-2H3,(H,19,21);1-2H3. The van der Waals surface area contributed by atoms with Crippen LogP contribution in [0.4, 0.5) is 0 Å². The molecule has 0 radical (unpaired) electrons. The topological polar surface area (TPSA) is 71.6 Å². The van der Waals surface area contributed by atoms with Gasteiger partial charge in [0, 0.05) is 31.2 Å². The summed E-state index contributed by atoms with van der Waals surface area (Å²) in [7, 11) is 0. The fourth-order valence-corrected chi connectivity index (χ4v) is 3.06. The molecule has 1 aromatic carbocycles. The van der Waals surface area contributed by atoms with Gasteiger partial charge in [-0.3, -0.25) is 9.69 Å². The number of nitrogens with zero attached hydrogens (tertiary/aromatic N) is 1. The van der Waals surface area contributed by atoms with Gasteiger partial charge in [-0.15, -0.1) is 0 Å². The summed E-state index contributed by atoms with van der Waals surface area (Å²) in [5.41, 5.74) is 2.58. The number of benzene rings is 1. The highest BCUT2D eigenvalue weighted by Gasteiger charge is 2.16. The van der Waals surface area contributed by atoms with Gasteiger partial charge in [0.1, 0.15) is 5.56 Å². The van der Waals surface area contributed by atoms with Gasteiger partial charge in [-0.05, 0) is 31.0 Å². The third-order valence-electron chi connectivity index (χ3n) is 4.25. The molecule has 0 aliphatic carbocycles. The lowest BCUT2D eigenvalue weighted by Crippen LogP contribution is -2.35. The Bertz CT molecular complexity index is 807. The molecule has 1 fully saturated rings. The Hall–Kier alpha value is -2.18. The fourth-order valence-electron chi connectivity index (χ4n) is 3.06. The lowest BCUT2D eigenvalue weighted by Gasteiger charge is -2.26. The first-order chi connectivity index (χ1) is 12.6. The van der Waals surface area contributed by atoms with Crippen molar-refractivity contribution < 1.29 is 14.3 Å². The van der Waals surface area contributed by atoms with E-state index in [4.69, 9.17) is 9.47 Å². The first-order valence-electron chi connectivity index (χ1n) is 9.22. The summed E-state index contributed by atoms with van der Waals surface area (Å²) in [6, 6.07) is 3.96. The van der Waals surface area contributed by atoms with Crippen LogP contribution in [0.25, 0.3) is 10.9 Å². The molecule has 1 aliphatic rings. The van der Waals surface area contributed by atoms with Crippen molar-refractivity contribution in [2.75, 3.05) is 32.9 Å². The van der Waals surface area contributed by atoms with Crippen LogP contribution in [-0.2, 0) is 16.0 Å². The molecule has 2 heterocycles. The maximum atomic E-state index is 12.7. The Morgan fingerprint density at radius 1 is 1.27 bits per heavy atom. The van der Waals surface area contributed by atoms with Gasteiger partial charge in [-0.25, -0.2) is 4.79 Å². The second-order valence-electron chi connectivity index (χ2n) is 5.98. The maximum Gasteiger partial charge on any atom is 0.343 e. The molecular weight excluding hydrogens is 332 g/mol. The number of pyridine rings is 1. The third-order valence-corrected chi connectivity index (χ3v) is 4.25. The second-order valence-corrected chi connectivity index (χ2v) is 5.98. The number of ether oxygens (including phenoxy) is 2. The van der Waals surface area contributed by atoms with E-state index in [-0.39, 0.29) is 17.6 Å². The van der Waals surface area contributed by atoms with Crippen LogP contribution in [0.3, 0.4) is 0 Å². The molecule has 3 rings (SSSR count). The highest BCUT2D eigenvalue weighted by molar-refractivity contribution is 5.94. The molecule has 0 amide bonds. The van der Waals surface area contributed by atoms with Crippen molar-refractivity contribution in [3.8, 4) is 0 Å². The molecule has 2 aromatic rings. The zero-order chi connectivity index (χ0) is 19.1. The second kappa shape index (κ2) is 9.50. The average molecular weight is 360 g/mol. The quantitative estimate of drug-likeness (QED) is 0.849. The molecular formula is C20H28N2O4. The van der Waals surface area contributed by atoms with Crippen LogP contribution in [0.5, 0.6) is 0 Å². The van der Waals surface area contributed by atoms with Crippen LogP contribution < -0.4 is 5.43 Å². The van der Waals surface area contributed by atoms with Crippen molar-refractivity contribution >= 4 is 16.9 Å². The van der Waals surface area contributed by atoms with Gasteiger partial charge >= 0.3 is 5.97 Å². The Labute approximate surface area is 154 Å². The van der Waals surface area contributed by atoms with Crippen molar-refractivity contribution in [2.24, 2.45) is 0 Å². The van der Waals surface area contributed by atoms with Crippen molar-refractivity contribution in [1.29, 1.82) is 0 Å². The molecule has 0 unspecified atom stereocenters. The molecule has 0 saturated carbocycles. The number of hydrogen-bond donors (Lipinski definition) is 1. The highest BCUT2D eigenvalue weighted by atomic mass is 16.5. The predicted molar refractivity (Wildman–Crippen MR) is 103 cm³/mol. The molecule has 1 N–H and O–H groups in total. The van der Waals surface area contributed by atoms with E-state index in [2.05, 4.69) is 16.0 Å². The number of morpholine rings is 1. The third kappa shape index (κ3) is 4.51. The number of aryl methyl sites for hydroxylation is 1. The number of fused-ring (bicyclic) bond motifs is 1. The largest absolute Gasteiger partial charge is 0.462 e. The van der Waals surface area contributed by atoms with Crippen molar-refractivity contribution in [2.45, 2.75) is 34.2 Å². The minimum Gasteiger partial charge on any atom is -0.462 e. The summed E-state index contributed by atoms with van der Waals surface area (Å²) in [5, 5.41) is 0.531. The molecule has 0 atom stereocenters. The fraction of sp³-hybridized carbons (Fsp3) is 0.500. The zero-order valence-electron chi connectivity index (χ0n) is 16.1. The molecule has 1 saturated heterocycles. The first-order valence-corrected chi connectivity index (χ1v) is 9.22. The Kier molecular flexibility index (Phi) is 7.36. The minimum atomic E-state index is -0.586. The minimum absolute atomic E-state index is 0.0484. The average Bonchev–Trinajstić information content (AvgIpc) is 2.65. The van der Waals surface area contributed by atoms with Gasteiger partial charge in [0.05, 0.1) is 25.3 Å². The molecule has 6 heteroatoms. The van der Waals surface area contributed by atoms with Crippen LogP contribution in [-0.4, -0.2) is 48.8 Å².